The minimum absolute atomic E-state index is 0.00305. The smallest absolute Gasteiger partial charge is 0.318 e. The summed E-state index contributed by atoms with van der Waals surface area (Å²) >= 11 is 0. The van der Waals surface area contributed by atoms with Crippen molar-refractivity contribution in [1.82, 2.24) is 24.9 Å². The first-order chi connectivity index (χ1) is 12.9. The van der Waals surface area contributed by atoms with Crippen molar-refractivity contribution in [3.63, 3.8) is 0 Å². The molecule has 4 heterocycles. The van der Waals surface area contributed by atoms with Gasteiger partial charge in [0.15, 0.2) is 0 Å². The SMILES string of the molecule is Cn1nccc1[C@@H]1[C@@H](NC(=O)N2CC3CC2(C(F)F)C3)CC(=O)N1C1CC1. The highest BCUT2D eigenvalue weighted by atomic mass is 19.3. The summed E-state index contributed by atoms with van der Waals surface area (Å²) in [6, 6.07) is 0.838. The van der Waals surface area contributed by atoms with Crippen molar-refractivity contribution in [2.24, 2.45) is 13.0 Å². The molecule has 0 spiro atoms. The number of aromatic nitrogens is 2. The maximum absolute atomic E-state index is 13.6. The predicted molar refractivity (Wildman–Crippen MR) is 90.9 cm³/mol. The maximum Gasteiger partial charge on any atom is 0.318 e. The van der Waals surface area contributed by atoms with Crippen molar-refractivity contribution in [1.29, 1.82) is 0 Å². The number of hydrogen-bond acceptors (Lipinski definition) is 3. The lowest BCUT2D eigenvalue weighted by Crippen LogP contribution is -2.57. The lowest BCUT2D eigenvalue weighted by molar-refractivity contribution is -0.129. The fourth-order valence-electron chi connectivity index (χ4n) is 5.24. The fraction of sp³-hybridized carbons (Fsp3) is 0.722. The van der Waals surface area contributed by atoms with E-state index in [0.717, 1.165) is 18.5 Å². The van der Waals surface area contributed by atoms with Gasteiger partial charge in [-0.3, -0.25) is 9.48 Å². The second-order valence-corrected chi connectivity index (χ2v) is 8.41. The van der Waals surface area contributed by atoms with Crippen LogP contribution in [0.4, 0.5) is 13.6 Å². The van der Waals surface area contributed by atoms with Gasteiger partial charge in [-0.25, -0.2) is 13.6 Å². The van der Waals surface area contributed by atoms with Crippen molar-refractivity contribution in [2.45, 2.75) is 62.2 Å². The number of alkyl halides is 2. The molecule has 5 fully saturated rings. The summed E-state index contributed by atoms with van der Waals surface area (Å²) in [5, 5.41) is 7.12. The summed E-state index contributed by atoms with van der Waals surface area (Å²) in [6.07, 6.45) is 2.00. The van der Waals surface area contributed by atoms with E-state index in [2.05, 4.69) is 10.4 Å². The molecule has 1 N–H and O–H groups in total. The zero-order valence-corrected chi connectivity index (χ0v) is 15.1. The number of amides is 3. The van der Waals surface area contributed by atoms with Gasteiger partial charge in [0.2, 0.25) is 5.91 Å². The van der Waals surface area contributed by atoms with Gasteiger partial charge in [-0.1, -0.05) is 0 Å². The normalized spacial score (nSPS) is 35.1. The Hall–Kier alpha value is -2.19. The van der Waals surface area contributed by atoms with E-state index in [1.54, 1.807) is 10.9 Å². The summed E-state index contributed by atoms with van der Waals surface area (Å²) in [4.78, 5) is 28.7. The summed E-state index contributed by atoms with van der Waals surface area (Å²) < 4.78 is 28.9. The number of urea groups is 1. The van der Waals surface area contributed by atoms with E-state index < -0.39 is 24.0 Å². The van der Waals surface area contributed by atoms with Crippen LogP contribution < -0.4 is 5.32 Å². The molecule has 3 saturated heterocycles. The Morgan fingerprint density at radius 2 is 2.11 bits per heavy atom. The molecule has 2 atom stereocenters. The van der Waals surface area contributed by atoms with E-state index >= 15 is 0 Å². The van der Waals surface area contributed by atoms with Gasteiger partial charge in [-0.05, 0) is 37.7 Å². The Balaban J connectivity index is 1.39. The van der Waals surface area contributed by atoms with Gasteiger partial charge in [0, 0.05) is 32.3 Å². The second-order valence-electron chi connectivity index (χ2n) is 8.41. The third kappa shape index (κ3) is 2.39. The van der Waals surface area contributed by atoms with Crippen LogP contribution in [0.1, 0.15) is 43.8 Å². The number of fused-ring (bicyclic) bond motifs is 1. The van der Waals surface area contributed by atoms with Crippen LogP contribution in [0, 0.1) is 5.92 Å². The third-order valence-electron chi connectivity index (χ3n) is 6.69. The quantitative estimate of drug-likeness (QED) is 0.865. The molecule has 1 aromatic rings. The first-order valence-corrected chi connectivity index (χ1v) is 9.56. The van der Waals surface area contributed by atoms with Crippen LogP contribution in [0.25, 0.3) is 0 Å². The Bertz CT molecular complexity index is 786. The molecular formula is C18H23F2N5O2. The number of hydrogen-bond donors (Lipinski definition) is 1. The van der Waals surface area contributed by atoms with Crippen LogP contribution in [-0.4, -0.2) is 62.1 Å². The van der Waals surface area contributed by atoms with E-state index in [-0.39, 0.29) is 30.3 Å². The molecule has 2 aliphatic carbocycles. The fourth-order valence-corrected chi connectivity index (χ4v) is 5.24. The van der Waals surface area contributed by atoms with Crippen LogP contribution in [-0.2, 0) is 11.8 Å². The minimum Gasteiger partial charge on any atom is -0.332 e. The summed E-state index contributed by atoms with van der Waals surface area (Å²) in [5.41, 5.74) is -0.456. The lowest BCUT2D eigenvalue weighted by Gasteiger charge is -2.41. The Morgan fingerprint density at radius 3 is 2.70 bits per heavy atom. The zero-order chi connectivity index (χ0) is 18.9. The molecule has 9 heteroatoms. The van der Waals surface area contributed by atoms with E-state index in [9.17, 15) is 18.4 Å². The van der Waals surface area contributed by atoms with Crippen molar-refractivity contribution in [3.05, 3.63) is 18.0 Å². The average Bonchev–Trinajstić information content (AvgIpc) is 2.93. The molecule has 7 nitrogen and oxygen atoms in total. The van der Waals surface area contributed by atoms with Gasteiger partial charge in [-0.15, -0.1) is 0 Å². The van der Waals surface area contributed by atoms with Gasteiger partial charge < -0.3 is 15.1 Å². The van der Waals surface area contributed by atoms with Gasteiger partial charge in [0.05, 0.1) is 17.8 Å². The third-order valence-corrected chi connectivity index (χ3v) is 6.69. The van der Waals surface area contributed by atoms with Gasteiger partial charge in [0.1, 0.15) is 5.54 Å². The monoisotopic (exact) mass is 379 g/mol. The van der Waals surface area contributed by atoms with Crippen molar-refractivity contribution < 1.29 is 18.4 Å². The van der Waals surface area contributed by atoms with Crippen LogP contribution in [0.15, 0.2) is 12.3 Å². The molecule has 2 saturated carbocycles. The molecule has 6 rings (SSSR count). The number of aryl methyl sites for hydroxylation is 1. The van der Waals surface area contributed by atoms with E-state index in [1.807, 2.05) is 18.0 Å². The molecule has 3 aliphatic heterocycles. The van der Waals surface area contributed by atoms with Crippen LogP contribution >= 0.6 is 0 Å². The largest absolute Gasteiger partial charge is 0.332 e. The number of nitrogens with one attached hydrogen (secondary N) is 1. The van der Waals surface area contributed by atoms with Crippen molar-refractivity contribution in [2.75, 3.05) is 6.54 Å². The Labute approximate surface area is 155 Å². The van der Waals surface area contributed by atoms with E-state index in [0.29, 0.717) is 19.4 Å². The van der Waals surface area contributed by atoms with Crippen LogP contribution in [0.5, 0.6) is 0 Å². The van der Waals surface area contributed by atoms with E-state index in [4.69, 9.17) is 0 Å². The van der Waals surface area contributed by atoms with Gasteiger partial charge in [0.25, 0.3) is 6.43 Å². The van der Waals surface area contributed by atoms with Crippen LogP contribution in [0.3, 0.4) is 0 Å². The highest BCUT2D eigenvalue weighted by Gasteiger charge is 2.63. The average molecular weight is 379 g/mol. The second kappa shape index (κ2) is 5.65. The highest BCUT2D eigenvalue weighted by Crippen LogP contribution is 2.53. The molecule has 3 amide bonds. The molecule has 5 aliphatic rings. The lowest BCUT2D eigenvalue weighted by atomic mass is 9.73. The molecule has 146 valence electrons. The zero-order valence-electron chi connectivity index (χ0n) is 15.1. The summed E-state index contributed by atoms with van der Waals surface area (Å²) in [6.45, 7) is 0.375. The topological polar surface area (TPSA) is 70.5 Å². The molecule has 0 aromatic carbocycles. The highest BCUT2D eigenvalue weighted by molar-refractivity contribution is 5.83. The molecule has 2 bridgehead atoms. The molecule has 27 heavy (non-hydrogen) atoms. The summed E-state index contributed by atoms with van der Waals surface area (Å²) in [5.74, 6) is 0.175. The van der Waals surface area contributed by atoms with Crippen LogP contribution in [0.2, 0.25) is 0 Å². The Kier molecular flexibility index (Phi) is 3.55. The summed E-state index contributed by atoms with van der Waals surface area (Å²) in [7, 11) is 1.81. The first kappa shape index (κ1) is 16.9. The first-order valence-electron chi connectivity index (χ1n) is 9.56. The number of carbonyl (C=O) groups is 2. The molecule has 1 aromatic heterocycles. The minimum atomic E-state index is -2.54. The van der Waals surface area contributed by atoms with Gasteiger partial charge in [-0.2, -0.15) is 5.10 Å². The molecule has 0 radical (unpaired) electrons. The van der Waals surface area contributed by atoms with Gasteiger partial charge >= 0.3 is 6.03 Å². The number of rotatable bonds is 4. The predicted octanol–water partition coefficient (Wildman–Crippen LogP) is 1.66. The maximum atomic E-state index is 13.6. The van der Waals surface area contributed by atoms with Crippen molar-refractivity contribution >= 4 is 11.9 Å². The number of nitrogens with zero attached hydrogens (tertiary/aromatic N) is 4. The van der Waals surface area contributed by atoms with Crippen molar-refractivity contribution in [3.8, 4) is 0 Å². The number of carbonyl (C=O) groups excluding carboxylic acids is 2. The van der Waals surface area contributed by atoms with E-state index in [1.165, 1.54) is 4.90 Å². The molecular weight excluding hydrogens is 356 g/mol. The molecule has 0 unspecified atom stereocenters. The standard InChI is InChI=1S/C18H23F2N5O2/c1-23-13(4-5-21-23)15-12(6-14(26)25(15)11-2-3-11)22-17(27)24-9-10-7-18(24,8-10)16(19)20/h4-5,10-12,15-16H,2-3,6-9H2,1H3,(H,22,27)/t10?,12-,15-,18?/m0/s1. The Morgan fingerprint density at radius 1 is 1.37 bits per heavy atom. The number of halogens is 2. The number of likely N-dealkylation sites (tertiary alicyclic amines) is 1.